The summed E-state index contributed by atoms with van der Waals surface area (Å²) in [4.78, 5) is 140. The second kappa shape index (κ2) is 38.8. The summed E-state index contributed by atoms with van der Waals surface area (Å²) in [6.07, 6.45) is 6.10. The Kier molecular flexibility index (Phi) is 30.2. The summed E-state index contributed by atoms with van der Waals surface area (Å²) >= 11 is 0. The molecule has 0 unspecified atom stereocenters. The first kappa shape index (κ1) is 76.4. The molecule has 0 aliphatic carbocycles. The zero-order valence-electron chi connectivity index (χ0n) is 55.1. The molecule has 5 aromatic carbocycles. The fraction of sp³-hybridized carbons (Fsp3) is 0.382. The Morgan fingerprint density at radius 3 is 1.16 bits per heavy atom. The average molecular weight is 1360 g/mol. The van der Waals surface area contributed by atoms with Crippen LogP contribution in [0.25, 0.3) is 10.9 Å². The van der Waals surface area contributed by atoms with Crippen LogP contribution in [0.15, 0.2) is 103 Å². The lowest BCUT2D eigenvalue weighted by molar-refractivity contribution is -0.139. The Labute approximate surface area is 566 Å². The van der Waals surface area contributed by atoms with Crippen molar-refractivity contribution < 1.29 is 72.0 Å². The van der Waals surface area contributed by atoms with E-state index in [0.29, 0.717) is 57.9 Å². The van der Waals surface area contributed by atoms with Crippen molar-refractivity contribution in [2.75, 3.05) is 75.4 Å². The van der Waals surface area contributed by atoms with Crippen LogP contribution in [0, 0.1) is 0 Å². The molecule has 22 N–H and O–H groups in total. The van der Waals surface area contributed by atoms with E-state index in [4.69, 9.17) is 53.3 Å². The van der Waals surface area contributed by atoms with Gasteiger partial charge in [0.1, 0.15) is 47.2 Å². The Balaban J connectivity index is 1.18. The van der Waals surface area contributed by atoms with E-state index >= 15 is 0 Å². The van der Waals surface area contributed by atoms with E-state index in [2.05, 4.69) is 47.5 Å². The van der Waals surface area contributed by atoms with Gasteiger partial charge < -0.3 is 106 Å². The van der Waals surface area contributed by atoms with Crippen molar-refractivity contribution in [2.24, 2.45) is 34.4 Å². The van der Waals surface area contributed by atoms with E-state index in [1.165, 1.54) is 94.1 Å². The minimum absolute atomic E-state index is 0.00389. The SMILES string of the molecule is COc1ccc(NC(=O)[C@H](CCCCN)NC(=O)c2cc(NC(=O)[C@H](CCCCN)NC(=O)c3cc(NC(=O)[C@H](CCCCN)NC(=O)c4cc(NC(=O)[C@H](CCCCN)NC(=O)[C@@H](N)Cc5c[nH]c6ccccc56)ccc4OC)ccc3OC)ccc2OCC(=O)O)cc1C(N)=O. The summed E-state index contributed by atoms with van der Waals surface area (Å²) in [6, 6.07) is 18.4. The number of amides is 9. The molecule has 0 aliphatic heterocycles. The highest BCUT2D eigenvalue weighted by Crippen LogP contribution is 2.29. The number of hydrogen-bond donors (Lipinski definition) is 16. The van der Waals surface area contributed by atoms with E-state index in [1.54, 1.807) is 6.20 Å². The number of para-hydroxylation sites is 1. The number of benzene rings is 5. The normalized spacial score (nSPS) is 12.5. The van der Waals surface area contributed by atoms with Gasteiger partial charge in [-0.05, 0) is 194 Å². The molecule has 0 radical (unpaired) electrons. The van der Waals surface area contributed by atoms with Crippen LogP contribution in [0.5, 0.6) is 23.0 Å². The Hall–Kier alpha value is -10.7. The first-order valence-electron chi connectivity index (χ1n) is 32.1. The van der Waals surface area contributed by atoms with Crippen molar-refractivity contribution >= 4 is 92.8 Å². The molecule has 1 heterocycles. The third kappa shape index (κ3) is 22.5. The highest BCUT2D eigenvalue weighted by atomic mass is 16.5. The van der Waals surface area contributed by atoms with Crippen molar-refractivity contribution in [1.82, 2.24) is 26.3 Å². The van der Waals surface area contributed by atoms with Gasteiger partial charge in [-0.2, -0.15) is 0 Å². The molecule has 0 bridgehead atoms. The number of fused-ring (bicyclic) bond motifs is 1. The maximum atomic E-state index is 14.4. The summed E-state index contributed by atoms with van der Waals surface area (Å²) in [7, 11) is 4.00. The third-order valence-electron chi connectivity index (χ3n) is 15.7. The number of carbonyl (C=O) groups is 10. The number of anilines is 4. The van der Waals surface area contributed by atoms with Crippen LogP contribution in [0.3, 0.4) is 0 Å². The molecule has 0 saturated heterocycles. The average Bonchev–Trinajstić information content (AvgIpc) is 1.32. The second-order valence-corrected chi connectivity index (χ2v) is 22.9. The Morgan fingerprint density at radius 1 is 0.449 bits per heavy atom. The van der Waals surface area contributed by atoms with Crippen LogP contribution < -0.4 is 95.9 Å². The van der Waals surface area contributed by atoms with E-state index in [-0.39, 0.29) is 120 Å². The van der Waals surface area contributed by atoms with E-state index in [1.807, 2.05) is 24.3 Å². The van der Waals surface area contributed by atoms with Gasteiger partial charge in [-0.3, -0.25) is 43.2 Å². The van der Waals surface area contributed by atoms with Gasteiger partial charge in [-0.25, -0.2) is 4.79 Å². The fourth-order valence-corrected chi connectivity index (χ4v) is 10.5. The standard InChI is InChI=1S/C68H89N15O15/c1-95-55-24-20-40(33-45(55)60(74)86)76-65(91)53(18-8-12-30-71)82-63(89)48-36-43(23-27-58(48)98-38-59(84)85)79-67(93)52(17-7-11-29-70)81-61(87)46-34-41(21-25-56(46)96-2)77-66(92)51(16-6-10-28-69)80-62(88)47-35-42(22-26-57(47)97-3)78-68(94)54(19-9-13-31-72)83-64(90)49(73)32-39-37-75-50-15-5-4-14-44(39)50/h4-5,14-15,20-27,33-37,49,51-54,75H,6-13,16-19,28-32,38,69-73H2,1-3H3,(H2,74,86)(H,76,91)(H,77,92)(H,78,94)(H,79,93)(H,80,88)(H,81,87)(H,82,89)(H,83,90)(H,84,85)/t49-,51-,52-,53-,54-/m0/s1. The fourth-order valence-electron chi connectivity index (χ4n) is 10.5. The first-order chi connectivity index (χ1) is 47.1. The van der Waals surface area contributed by atoms with Gasteiger partial charge in [0.05, 0.1) is 49.6 Å². The first-order valence-corrected chi connectivity index (χ1v) is 32.1. The maximum absolute atomic E-state index is 14.4. The predicted octanol–water partition coefficient (Wildman–Crippen LogP) is 3.48. The molecular formula is C68H89N15O15. The topological polar surface area (TPSA) is 496 Å². The molecule has 30 heteroatoms. The van der Waals surface area contributed by atoms with Crippen LogP contribution in [0.1, 0.15) is 124 Å². The van der Waals surface area contributed by atoms with Gasteiger partial charge in [0, 0.05) is 39.8 Å². The van der Waals surface area contributed by atoms with Gasteiger partial charge in [0.25, 0.3) is 23.6 Å². The summed E-state index contributed by atoms with van der Waals surface area (Å²) < 4.78 is 21.8. The predicted molar refractivity (Wildman–Crippen MR) is 369 cm³/mol. The highest BCUT2D eigenvalue weighted by Gasteiger charge is 2.30. The quantitative estimate of drug-likeness (QED) is 0.0244. The maximum Gasteiger partial charge on any atom is 0.341 e. The number of hydrogen-bond acceptors (Lipinski definition) is 19. The molecule has 0 saturated carbocycles. The summed E-state index contributed by atoms with van der Waals surface area (Å²) in [5.41, 5.74) is 36.8. The van der Waals surface area contributed by atoms with Crippen LogP contribution >= 0.6 is 0 Å². The largest absolute Gasteiger partial charge is 0.496 e. The van der Waals surface area contributed by atoms with Crippen molar-refractivity contribution in [3.8, 4) is 23.0 Å². The zero-order valence-corrected chi connectivity index (χ0v) is 55.1. The Morgan fingerprint density at radius 2 is 0.796 bits per heavy atom. The molecule has 0 fully saturated rings. The minimum Gasteiger partial charge on any atom is -0.496 e. The monoisotopic (exact) mass is 1360 g/mol. The molecule has 30 nitrogen and oxygen atoms in total. The number of ether oxygens (including phenoxy) is 4. The molecule has 9 amide bonds. The number of aromatic amines is 1. The number of methoxy groups -OCH3 is 3. The molecule has 0 aliphatic rings. The summed E-state index contributed by atoms with van der Waals surface area (Å²) in [5.74, 6) is -7.87. The van der Waals surface area contributed by atoms with Crippen molar-refractivity contribution in [3.63, 3.8) is 0 Å². The lowest BCUT2D eigenvalue weighted by Gasteiger charge is -2.22. The van der Waals surface area contributed by atoms with Gasteiger partial charge >= 0.3 is 5.97 Å². The number of carboxylic acids is 1. The number of primary amides is 1. The van der Waals surface area contributed by atoms with Crippen molar-refractivity contribution in [1.29, 1.82) is 0 Å². The molecule has 0 spiro atoms. The lowest BCUT2D eigenvalue weighted by atomic mass is 10.0. The number of nitrogens with one attached hydrogen (secondary N) is 9. The molecule has 1 aromatic heterocycles. The molecule has 98 heavy (non-hydrogen) atoms. The van der Waals surface area contributed by atoms with Crippen molar-refractivity contribution in [2.45, 2.75) is 114 Å². The number of nitrogens with two attached hydrogens (primary N) is 6. The number of aliphatic carboxylic acids is 1. The number of unbranched alkanes of at least 4 members (excludes halogenated alkanes) is 4. The number of aromatic nitrogens is 1. The van der Waals surface area contributed by atoms with Crippen LogP contribution in [-0.4, -0.2) is 154 Å². The summed E-state index contributed by atoms with van der Waals surface area (Å²) in [5, 5.41) is 32.3. The van der Waals surface area contributed by atoms with E-state index < -0.39 is 96.0 Å². The van der Waals surface area contributed by atoms with Gasteiger partial charge in [0.2, 0.25) is 29.5 Å². The zero-order chi connectivity index (χ0) is 71.3. The lowest BCUT2D eigenvalue weighted by Crippen LogP contribution is -2.50. The van der Waals surface area contributed by atoms with Gasteiger partial charge in [0.15, 0.2) is 6.61 Å². The van der Waals surface area contributed by atoms with E-state index in [0.717, 1.165) is 16.5 Å². The summed E-state index contributed by atoms with van der Waals surface area (Å²) in [6.45, 7) is 0.307. The number of carbonyl (C=O) groups excluding carboxylic acids is 9. The second-order valence-electron chi connectivity index (χ2n) is 22.9. The highest BCUT2D eigenvalue weighted by molar-refractivity contribution is 6.08. The molecule has 6 aromatic rings. The van der Waals surface area contributed by atoms with Crippen LogP contribution in [0.4, 0.5) is 22.7 Å². The van der Waals surface area contributed by atoms with Crippen molar-refractivity contribution in [3.05, 3.63) is 131 Å². The number of rotatable bonds is 41. The molecular weight excluding hydrogens is 1270 g/mol. The number of H-pyrrole nitrogens is 1. The molecule has 5 atom stereocenters. The minimum atomic E-state index is -1.37. The third-order valence-corrected chi connectivity index (χ3v) is 15.7. The number of carboxylic acid groups (broad SMARTS) is 1. The van der Waals surface area contributed by atoms with Gasteiger partial charge in [-0.1, -0.05) is 18.2 Å². The Bertz CT molecular complexity index is 3770. The van der Waals surface area contributed by atoms with Crippen LogP contribution in [-0.2, 0) is 35.2 Å². The molecule has 6 rings (SSSR count). The van der Waals surface area contributed by atoms with Gasteiger partial charge in [-0.15, -0.1) is 0 Å². The van der Waals surface area contributed by atoms with E-state index in [9.17, 15) is 53.1 Å². The molecule has 526 valence electrons. The smallest absolute Gasteiger partial charge is 0.341 e. The van der Waals surface area contributed by atoms with Crippen LogP contribution in [0.2, 0.25) is 0 Å².